The van der Waals surface area contributed by atoms with Gasteiger partial charge in [-0.05, 0) is 12.1 Å². The molecule has 1 aromatic carbocycles. The molecule has 0 fully saturated rings. The Balaban J connectivity index is 2.26. The smallest absolute Gasteiger partial charge is 0.310 e. The lowest BCUT2D eigenvalue weighted by Gasteiger charge is -2.01. The average molecular weight is 245 g/mol. The molecular weight excluding hydrogens is 234 g/mol. The van der Waals surface area contributed by atoms with E-state index in [2.05, 4.69) is 4.74 Å². The molecule has 2 aromatic rings. The molecule has 18 heavy (non-hydrogen) atoms. The summed E-state index contributed by atoms with van der Waals surface area (Å²) < 4.78 is 15.1. The first kappa shape index (κ1) is 12.0. The van der Waals surface area contributed by atoms with Gasteiger partial charge < -0.3 is 13.9 Å². The predicted molar refractivity (Wildman–Crippen MR) is 63.0 cm³/mol. The molecule has 0 atom stereocenters. The number of rotatable bonds is 4. The van der Waals surface area contributed by atoms with E-state index in [1.54, 1.807) is 18.2 Å². The standard InChI is InChI=1S/C13H11NO4/c1-16-13(15)6-9-8-18-12-7-10(17-5-4-14)2-3-11(9)12/h2-3,7-8H,5-6H2,1H3. The van der Waals surface area contributed by atoms with Crippen molar-refractivity contribution in [3.8, 4) is 11.8 Å². The second kappa shape index (κ2) is 5.23. The van der Waals surface area contributed by atoms with Gasteiger partial charge in [0.1, 0.15) is 17.4 Å². The highest BCUT2D eigenvalue weighted by Gasteiger charge is 2.11. The molecule has 0 unspecified atom stereocenters. The molecule has 0 spiro atoms. The Hall–Kier alpha value is -2.48. The fraction of sp³-hybridized carbons (Fsp3) is 0.231. The third kappa shape index (κ3) is 2.43. The minimum atomic E-state index is -0.317. The molecule has 5 nitrogen and oxygen atoms in total. The lowest BCUT2D eigenvalue weighted by molar-refractivity contribution is -0.139. The van der Waals surface area contributed by atoms with E-state index in [4.69, 9.17) is 14.4 Å². The fourth-order valence-corrected chi connectivity index (χ4v) is 1.63. The van der Waals surface area contributed by atoms with Gasteiger partial charge in [0.05, 0.1) is 19.8 Å². The van der Waals surface area contributed by atoms with E-state index in [1.807, 2.05) is 6.07 Å². The van der Waals surface area contributed by atoms with Crippen molar-refractivity contribution in [2.24, 2.45) is 0 Å². The number of carbonyl (C=O) groups is 1. The van der Waals surface area contributed by atoms with Crippen molar-refractivity contribution in [2.45, 2.75) is 6.42 Å². The second-order valence-corrected chi connectivity index (χ2v) is 3.62. The van der Waals surface area contributed by atoms with Gasteiger partial charge in [0.25, 0.3) is 0 Å². The van der Waals surface area contributed by atoms with Gasteiger partial charge >= 0.3 is 5.97 Å². The number of hydrogen-bond donors (Lipinski definition) is 0. The normalized spacial score (nSPS) is 10.0. The molecule has 0 aliphatic heterocycles. The van der Waals surface area contributed by atoms with Gasteiger partial charge in [-0.25, -0.2) is 0 Å². The Morgan fingerprint density at radius 3 is 3.06 bits per heavy atom. The molecule has 0 saturated carbocycles. The zero-order valence-electron chi connectivity index (χ0n) is 9.80. The van der Waals surface area contributed by atoms with Gasteiger partial charge in [0, 0.05) is 17.0 Å². The Bertz CT molecular complexity index is 609. The number of esters is 1. The summed E-state index contributed by atoms with van der Waals surface area (Å²) in [5, 5.41) is 9.26. The molecule has 5 heteroatoms. The summed E-state index contributed by atoms with van der Waals surface area (Å²) in [6, 6.07) is 7.10. The van der Waals surface area contributed by atoms with E-state index in [0.717, 1.165) is 10.9 Å². The van der Waals surface area contributed by atoms with E-state index < -0.39 is 0 Å². The van der Waals surface area contributed by atoms with Crippen molar-refractivity contribution in [3.05, 3.63) is 30.0 Å². The molecule has 0 radical (unpaired) electrons. The zero-order valence-corrected chi connectivity index (χ0v) is 9.80. The maximum atomic E-state index is 11.2. The summed E-state index contributed by atoms with van der Waals surface area (Å²) >= 11 is 0. The van der Waals surface area contributed by atoms with Crippen LogP contribution >= 0.6 is 0 Å². The Morgan fingerprint density at radius 1 is 1.50 bits per heavy atom. The van der Waals surface area contributed by atoms with Crippen molar-refractivity contribution in [3.63, 3.8) is 0 Å². The monoisotopic (exact) mass is 245 g/mol. The van der Waals surface area contributed by atoms with E-state index >= 15 is 0 Å². The fourth-order valence-electron chi connectivity index (χ4n) is 1.63. The topological polar surface area (TPSA) is 72.5 Å². The molecule has 0 saturated heterocycles. The van der Waals surface area contributed by atoms with Crippen LogP contribution in [0.3, 0.4) is 0 Å². The third-order valence-corrected chi connectivity index (χ3v) is 2.49. The summed E-state index contributed by atoms with van der Waals surface area (Å²) in [5.74, 6) is 0.241. The number of hydrogen-bond acceptors (Lipinski definition) is 5. The van der Waals surface area contributed by atoms with Gasteiger partial charge in [-0.3, -0.25) is 4.79 Å². The first-order valence-electron chi connectivity index (χ1n) is 5.31. The number of nitrogens with zero attached hydrogens (tertiary/aromatic N) is 1. The van der Waals surface area contributed by atoms with E-state index in [-0.39, 0.29) is 19.0 Å². The second-order valence-electron chi connectivity index (χ2n) is 3.62. The van der Waals surface area contributed by atoms with Crippen LogP contribution in [0.4, 0.5) is 0 Å². The van der Waals surface area contributed by atoms with Gasteiger partial charge in [0.2, 0.25) is 0 Å². The minimum absolute atomic E-state index is 0.0127. The Morgan fingerprint density at radius 2 is 2.33 bits per heavy atom. The van der Waals surface area contributed by atoms with E-state index in [9.17, 15) is 4.79 Å². The highest BCUT2D eigenvalue weighted by molar-refractivity contribution is 5.86. The maximum Gasteiger partial charge on any atom is 0.310 e. The van der Waals surface area contributed by atoms with Crippen LogP contribution in [0.5, 0.6) is 5.75 Å². The first-order valence-corrected chi connectivity index (χ1v) is 5.31. The molecule has 2 rings (SSSR count). The quantitative estimate of drug-likeness (QED) is 0.771. The lowest BCUT2D eigenvalue weighted by atomic mass is 10.1. The maximum absolute atomic E-state index is 11.2. The molecule has 1 aromatic heterocycles. The van der Waals surface area contributed by atoms with Crippen molar-refractivity contribution >= 4 is 16.9 Å². The molecule has 92 valence electrons. The number of methoxy groups -OCH3 is 1. The Labute approximate surface area is 104 Å². The summed E-state index contributed by atoms with van der Waals surface area (Å²) in [6.45, 7) is -0.0127. The van der Waals surface area contributed by atoms with E-state index in [1.165, 1.54) is 13.4 Å². The van der Waals surface area contributed by atoms with Crippen molar-refractivity contribution in [1.82, 2.24) is 0 Å². The van der Waals surface area contributed by atoms with Gasteiger partial charge in [-0.1, -0.05) is 0 Å². The van der Waals surface area contributed by atoms with Crippen LogP contribution in [0, 0.1) is 11.3 Å². The predicted octanol–water partition coefficient (Wildman–Crippen LogP) is 2.05. The van der Waals surface area contributed by atoms with Crippen LogP contribution in [0.1, 0.15) is 5.56 Å². The van der Waals surface area contributed by atoms with Crippen LogP contribution in [-0.4, -0.2) is 19.7 Å². The van der Waals surface area contributed by atoms with Crippen LogP contribution < -0.4 is 4.74 Å². The van der Waals surface area contributed by atoms with Crippen molar-refractivity contribution in [2.75, 3.05) is 13.7 Å². The molecule has 0 N–H and O–H groups in total. The van der Waals surface area contributed by atoms with Crippen molar-refractivity contribution in [1.29, 1.82) is 5.26 Å². The first-order chi connectivity index (χ1) is 8.74. The number of ether oxygens (including phenoxy) is 2. The highest BCUT2D eigenvalue weighted by atomic mass is 16.5. The summed E-state index contributed by atoms with van der Waals surface area (Å²) in [7, 11) is 1.35. The number of carbonyl (C=O) groups excluding carboxylic acids is 1. The van der Waals surface area contributed by atoms with Gasteiger partial charge in [-0.2, -0.15) is 5.26 Å². The molecule has 0 bridgehead atoms. The number of nitriles is 1. The van der Waals surface area contributed by atoms with Crippen LogP contribution in [0.2, 0.25) is 0 Å². The minimum Gasteiger partial charge on any atom is -0.479 e. The summed E-state index contributed by atoms with van der Waals surface area (Å²) in [6.07, 6.45) is 1.69. The van der Waals surface area contributed by atoms with Gasteiger partial charge in [-0.15, -0.1) is 0 Å². The van der Waals surface area contributed by atoms with E-state index in [0.29, 0.717) is 11.3 Å². The summed E-state index contributed by atoms with van der Waals surface area (Å²) in [4.78, 5) is 11.2. The number of fused-ring (bicyclic) bond motifs is 1. The Kier molecular flexibility index (Phi) is 3.49. The number of furan rings is 1. The highest BCUT2D eigenvalue weighted by Crippen LogP contribution is 2.26. The zero-order chi connectivity index (χ0) is 13.0. The molecule has 0 amide bonds. The molecule has 0 aliphatic carbocycles. The lowest BCUT2D eigenvalue weighted by Crippen LogP contribution is -2.03. The largest absolute Gasteiger partial charge is 0.479 e. The number of benzene rings is 1. The van der Waals surface area contributed by atoms with Crippen LogP contribution in [0.25, 0.3) is 11.0 Å². The van der Waals surface area contributed by atoms with Crippen LogP contribution in [0.15, 0.2) is 28.9 Å². The van der Waals surface area contributed by atoms with Crippen molar-refractivity contribution < 1.29 is 18.7 Å². The van der Waals surface area contributed by atoms with Gasteiger partial charge in [0.15, 0.2) is 6.61 Å². The SMILES string of the molecule is COC(=O)Cc1coc2cc(OCC#N)ccc12. The third-order valence-electron chi connectivity index (χ3n) is 2.49. The van der Waals surface area contributed by atoms with Crippen LogP contribution in [-0.2, 0) is 16.0 Å². The molecule has 1 heterocycles. The molecular formula is C13H11NO4. The summed E-state index contributed by atoms with van der Waals surface area (Å²) in [5.41, 5.74) is 1.38. The molecule has 0 aliphatic rings. The average Bonchev–Trinajstić information content (AvgIpc) is 2.78.